The van der Waals surface area contributed by atoms with E-state index in [1.165, 1.54) is 12.4 Å². The Morgan fingerprint density at radius 2 is 2.13 bits per heavy atom. The lowest BCUT2D eigenvalue weighted by Crippen LogP contribution is -2.42. The van der Waals surface area contributed by atoms with E-state index in [0.29, 0.717) is 24.1 Å². The molecule has 0 bridgehead atoms. The highest BCUT2D eigenvalue weighted by Gasteiger charge is 2.52. The number of carbonyl (C=O) groups excluding carboxylic acids is 2. The lowest BCUT2D eigenvalue weighted by Gasteiger charge is -2.36. The maximum Gasteiger partial charge on any atom is 0.333 e. The maximum absolute atomic E-state index is 13.2. The molecule has 0 unspecified atom stereocenters. The molecule has 3 N–H and O–H groups in total. The highest BCUT2D eigenvalue weighted by atomic mass is 16.5. The monoisotopic (exact) mass is 426 g/mol. The zero-order valence-corrected chi connectivity index (χ0v) is 17.4. The second kappa shape index (κ2) is 8.88. The highest BCUT2D eigenvalue weighted by molar-refractivity contribution is 5.91. The molecule has 11 nitrogen and oxygen atoms in total. The zero-order valence-electron chi connectivity index (χ0n) is 17.4. The molecule has 1 atom stereocenters. The van der Waals surface area contributed by atoms with Gasteiger partial charge in [0.15, 0.2) is 5.82 Å². The number of nitrogens with zero attached hydrogens (tertiary/aromatic N) is 5. The molecule has 1 saturated carbocycles. The molecule has 3 aliphatic rings. The van der Waals surface area contributed by atoms with Gasteiger partial charge in [-0.25, -0.2) is 4.79 Å². The van der Waals surface area contributed by atoms with Gasteiger partial charge in [0.2, 0.25) is 5.91 Å². The summed E-state index contributed by atoms with van der Waals surface area (Å²) < 4.78 is 5.00. The van der Waals surface area contributed by atoms with Crippen molar-refractivity contribution in [3.63, 3.8) is 0 Å². The lowest BCUT2D eigenvalue weighted by atomic mass is 9.70. The van der Waals surface area contributed by atoms with Crippen molar-refractivity contribution >= 4 is 24.0 Å². The van der Waals surface area contributed by atoms with Crippen LogP contribution in [0.1, 0.15) is 44.7 Å². The number of esters is 1. The Morgan fingerprint density at radius 1 is 1.32 bits per heavy atom. The van der Waals surface area contributed by atoms with Crippen LogP contribution in [0.25, 0.3) is 0 Å². The van der Waals surface area contributed by atoms with E-state index in [9.17, 15) is 9.59 Å². The van der Waals surface area contributed by atoms with Crippen LogP contribution in [-0.2, 0) is 20.9 Å². The third-order valence-corrected chi connectivity index (χ3v) is 6.32. The molecule has 1 spiro atoms. The van der Waals surface area contributed by atoms with Gasteiger partial charge in [0.1, 0.15) is 12.9 Å². The van der Waals surface area contributed by atoms with Crippen molar-refractivity contribution in [2.75, 3.05) is 11.9 Å². The van der Waals surface area contributed by atoms with Gasteiger partial charge in [0.05, 0.1) is 16.8 Å². The van der Waals surface area contributed by atoms with E-state index < -0.39 is 0 Å². The molecule has 164 valence electrons. The molecule has 1 amide bonds. The molecule has 1 saturated heterocycles. The topological polar surface area (TPSA) is 145 Å². The first-order valence-corrected chi connectivity index (χ1v) is 10.4. The standard InChI is InChI=1S/C20H26N8O3/c1-13-9-20(19(30)28(13)16-8-18(29)31-11-16)6-4-14(5-7-20)22-10-15-2-3-17(26-25-15)23-12-24-27-21/h2-3,8,12-14,22H,4-7,9-11H2,1H3,(H2,21,23,24,26)/t13-,14-,20+/m0/s1. The number of hydrogen-bond donors (Lipinski definition) is 3. The van der Waals surface area contributed by atoms with Gasteiger partial charge < -0.3 is 20.3 Å². The number of carbonyl (C=O) groups is 2. The fourth-order valence-corrected chi connectivity index (χ4v) is 4.81. The molecule has 1 aromatic rings. The maximum atomic E-state index is 13.2. The SMILES string of the molecule is C[C@H]1C[C@]2(CC[C@H](NCc3ccc(N/C=N\N=N)nn3)CC2)C(=O)N1C1=CC(=O)OC1. The fourth-order valence-electron chi connectivity index (χ4n) is 4.81. The molecule has 1 aromatic heterocycles. The molecule has 31 heavy (non-hydrogen) atoms. The van der Waals surface area contributed by atoms with E-state index in [0.717, 1.165) is 37.8 Å². The van der Waals surface area contributed by atoms with Crippen molar-refractivity contribution in [3.05, 3.63) is 29.6 Å². The summed E-state index contributed by atoms with van der Waals surface area (Å²) in [5.74, 6) is 0.296. The molecule has 0 radical (unpaired) electrons. The summed E-state index contributed by atoms with van der Waals surface area (Å²) in [6, 6.07) is 4.07. The van der Waals surface area contributed by atoms with Crippen molar-refractivity contribution in [2.24, 2.45) is 15.7 Å². The van der Waals surface area contributed by atoms with Gasteiger partial charge in [-0.2, -0.15) is 10.6 Å². The van der Waals surface area contributed by atoms with Crippen molar-refractivity contribution in [3.8, 4) is 0 Å². The number of hydrogen-bond acceptors (Lipinski definition) is 8. The summed E-state index contributed by atoms with van der Waals surface area (Å²) >= 11 is 0. The molecular weight excluding hydrogens is 400 g/mol. The Morgan fingerprint density at radius 3 is 2.77 bits per heavy atom. The zero-order chi connectivity index (χ0) is 21.8. The summed E-state index contributed by atoms with van der Waals surface area (Å²) in [5, 5.41) is 20.8. The average molecular weight is 426 g/mol. The minimum absolute atomic E-state index is 0.0833. The van der Waals surface area contributed by atoms with Crippen LogP contribution < -0.4 is 10.6 Å². The van der Waals surface area contributed by atoms with Crippen LogP contribution in [0, 0.1) is 10.9 Å². The summed E-state index contributed by atoms with van der Waals surface area (Å²) in [4.78, 5) is 26.5. The minimum Gasteiger partial charge on any atom is -0.456 e. The van der Waals surface area contributed by atoms with E-state index in [-0.39, 0.29) is 29.9 Å². The van der Waals surface area contributed by atoms with Gasteiger partial charge >= 0.3 is 5.97 Å². The molecule has 2 aliphatic heterocycles. The Hall–Kier alpha value is -3.21. The Kier molecular flexibility index (Phi) is 6.03. The Balaban J connectivity index is 1.28. The van der Waals surface area contributed by atoms with Crippen LogP contribution >= 0.6 is 0 Å². The smallest absolute Gasteiger partial charge is 0.333 e. The van der Waals surface area contributed by atoms with Gasteiger partial charge in [-0.3, -0.25) is 4.79 Å². The third-order valence-electron chi connectivity index (χ3n) is 6.32. The van der Waals surface area contributed by atoms with Crippen LogP contribution in [0.2, 0.25) is 0 Å². The number of cyclic esters (lactones) is 1. The van der Waals surface area contributed by atoms with Crippen molar-refractivity contribution in [2.45, 2.75) is 57.7 Å². The number of anilines is 1. The van der Waals surface area contributed by atoms with Crippen LogP contribution in [0.4, 0.5) is 5.82 Å². The highest BCUT2D eigenvalue weighted by Crippen LogP contribution is 2.48. The summed E-state index contributed by atoms with van der Waals surface area (Å²) in [6.07, 6.45) is 7.04. The number of likely N-dealkylation sites (tertiary alicyclic amines) is 1. The van der Waals surface area contributed by atoms with Crippen molar-refractivity contribution in [1.82, 2.24) is 20.4 Å². The molecule has 11 heteroatoms. The predicted octanol–water partition coefficient (Wildman–Crippen LogP) is 1.94. The van der Waals surface area contributed by atoms with Gasteiger partial charge in [0.25, 0.3) is 0 Å². The Bertz CT molecular complexity index is 906. The summed E-state index contributed by atoms with van der Waals surface area (Å²) in [7, 11) is 0. The van der Waals surface area contributed by atoms with Crippen LogP contribution in [0.5, 0.6) is 0 Å². The van der Waals surface area contributed by atoms with E-state index >= 15 is 0 Å². The molecular formula is C20H26N8O3. The second-order valence-corrected chi connectivity index (χ2v) is 8.31. The predicted molar refractivity (Wildman–Crippen MR) is 111 cm³/mol. The van der Waals surface area contributed by atoms with Crippen LogP contribution in [0.3, 0.4) is 0 Å². The van der Waals surface area contributed by atoms with Crippen molar-refractivity contribution in [1.29, 1.82) is 5.53 Å². The normalized spacial score (nSPS) is 28.3. The largest absolute Gasteiger partial charge is 0.456 e. The number of ether oxygens (including phenoxy) is 1. The van der Waals surface area contributed by atoms with E-state index in [1.54, 1.807) is 11.0 Å². The van der Waals surface area contributed by atoms with E-state index in [4.69, 9.17) is 10.3 Å². The van der Waals surface area contributed by atoms with Gasteiger partial charge in [-0.15, -0.1) is 10.2 Å². The molecule has 4 rings (SSSR count). The minimum atomic E-state index is -0.368. The van der Waals surface area contributed by atoms with E-state index in [2.05, 4.69) is 31.2 Å². The van der Waals surface area contributed by atoms with Crippen LogP contribution in [0.15, 0.2) is 34.2 Å². The van der Waals surface area contributed by atoms with Gasteiger partial charge in [-0.1, -0.05) is 5.22 Å². The van der Waals surface area contributed by atoms with E-state index in [1.807, 2.05) is 13.0 Å². The van der Waals surface area contributed by atoms with Crippen LogP contribution in [-0.4, -0.2) is 52.0 Å². The van der Waals surface area contributed by atoms with Gasteiger partial charge in [0, 0.05) is 24.7 Å². The fraction of sp³-hybridized carbons (Fsp3) is 0.550. The lowest BCUT2D eigenvalue weighted by molar-refractivity contribution is -0.138. The first kappa shape index (κ1) is 21.0. The number of aromatic nitrogens is 2. The molecule has 3 heterocycles. The average Bonchev–Trinajstić information content (AvgIpc) is 3.29. The quantitative estimate of drug-likeness (QED) is 0.199. The summed E-state index contributed by atoms with van der Waals surface area (Å²) in [6.45, 7) is 2.84. The molecule has 1 aliphatic carbocycles. The third kappa shape index (κ3) is 4.46. The first-order valence-electron chi connectivity index (χ1n) is 10.4. The van der Waals surface area contributed by atoms with Gasteiger partial charge in [-0.05, 0) is 51.2 Å². The van der Waals surface area contributed by atoms with Crippen molar-refractivity contribution < 1.29 is 14.3 Å². The Labute approximate surface area is 179 Å². The number of nitrogens with one attached hydrogen (secondary N) is 3. The number of amides is 1. The summed E-state index contributed by atoms with van der Waals surface area (Å²) in [5.41, 5.74) is 7.77. The second-order valence-electron chi connectivity index (χ2n) is 8.31. The molecule has 0 aromatic carbocycles. The first-order chi connectivity index (χ1) is 15.0. The molecule has 2 fully saturated rings. The number of rotatable bonds is 7.